The maximum Gasteiger partial charge on any atom is 0.169 e. The molecule has 0 amide bonds. The van der Waals surface area contributed by atoms with Crippen LogP contribution in [0.25, 0.3) is 0 Å². The van der Waals surface area contributed by atoms with Crippen molar-refractivity contribution in [2.75, 3.05) is 6.61 Å². The molecule has 2 aromatic carbocycles. The van der Waals surface area contributed by atoms with Gasteiger partial charge in [0.1, 0.15) is 5.75 Å². The third kappa shape index (κ3) is 3.26. The van der Waals surface area contributed by atoms with Gasteiger partial charge in [0.05, 0.1) is 6.61 Å². The van der Waals surface area contributed by atoms with Crippen molar-refractivity contribution >= 4 is 0 Å². The molecule has 3 heteroatoms. The predicted molar refractivity (Wildman–Crippen MR) is 76.8 cm³/mol. The summed E-state index contributed by atoms with van der Waals surface area (Å²) in [6, 6.07) is 13.7. The van der Waals surface area contributed by atoms with E-state index in [1.54, 1.807) is 0 Å². The molecule has 0 saturated heterocycles. The lowest BCUT2D eigenvalue weighted by molar-refractivity contribution is 0.321. The predicted octanol–water partition coefficient (Wildman–Crippen LogP) is 3.64. The second kappa shape index (κ2) is 6.25. The monoisotopic (exact) mass is 257 g/mol. The number of rotatable bonds is 5. The normalized spacial score (nSPS) is 10.3. The molecule has 2 aromatic rings. The maximum absolute atomic E-state index is 5.95. The van der Waals surface area contributed by atoms with Crippen molar-refractivity contribution < 1.29 is 9.47 Å². The van der Waals surface area contributed by atoms with Crippen molar-refractivity contribution in [3.63, 3.8) is 0 Å². The average molecular weight is 257 g/mol. The zero-order chi connectivity index (χ0) is 13.7. The first kappa shape index (κ1) is 13.4. The Morgan fingerprint density at radius 2 is 1.74 bits per heavy atom. The Morgan fingerprint density at radius 1 is 1.00 bits per heavy atom. The molecule has 0 atom stereocenters. The van der Waals surface area contributed by atoms with Crippen LogP contribution in [0.5, 0.6) is 17.2 Å². The van der Waals surface area contributed by atoms with Crippen LogP contribution in [0.15, 0.2) is 42.5 Å². The van der Waals surface area contributed by atoms with Crippen LogP contribution in [0, 0.1) is 6.92 Å². The molecule has 0 heterocycles. The van der Waals surface area contributed by atoms with Gasteiger partial charge in [-0.05, 0) is 43.2 Å². The number of benzene rings is 2. The number of hydrogen-bond donors (Lipinski definition) is 1. The number of nitrogens with two attached hydrogens (primary N) is 1. The van der Waals surface area contributed by atoms with E-state index in [4.69, 9.17) is 15.2 Å². The van der Waals surface area contributed by atoms with Crippen molar-refractivity contribution in [3.8, 4) is 17.2 Å². The molecule has 2 rings (SSSR count). The van der Waals surface area contributed by atoms with Gasteiger partial charge in [-0.25, -0.2) is 0 Å². The zero-order valence-electron chi connectivity index (χ0n) is 11.3. The molecule has 0 aliphatic rings. The molecule has 0 spiro atoms. The summed E-state index contributed by atoms with van der Waals surface area (Å²) in [5.41, 5.74) is 7.78. The minimum Gasteiger partial charge on any atom is -0.490 e. The number of para-hydroxylation sites is 2. The van der Waals surface area contributed by atoms with E-state index in [1.165, 1.54) is 0 Å². The molecule has 0 radical (unpaired) electrons. The summed E-state index contributed by atoms with van der Waals surface area (Å²) in [7, 11) is 0. The Morgan fingerprint density at radius 3 is 2.42 bits per heavy atom. The van der Waals surface area contributed by atoms with Crippen LogP contribution in [0.1, 0.15) is 18.1 Å². The number of ether oxygens (including phenoxy) is 2. The summed E-state index contributed by atoms with van der Waals surface area (Å²) in [6.07, 6.45) is 0. The van der Waals surface area contributed by atoms with Crippen LogP contribution in [-0.2, 0) is 6.54 Å². The third-order valence-electron chi connectivity index (χ3n) is 2.86. The Balaban J connectivity index is 2.30. The van der Waals surface area contributed by atoms with E-state index in [0.29, 0.717) is 13.2 Å². The second-order valence-corrected chi connectivity index (χ2v) is 4.29. The summed E-state index contributed by atoms with van der Waals surface area (Å²) in [5.74, 6) is 2.29. The first-order valence-corrected chi connectivity index (χ1v) is 6.44. The quantitative estimate of drug-likeness (QED) is 0.889. The topological polar surface area (TPSA) is 44.5 Å². The number of aryl methyl sites for hydroxylation is 1. The molecule has 3 nitrogen and oxygen atoms in total. The van der Waals surface area contributed by atoms with E-state index in [9.17, 15) is 0 Å². The van der Waals surface area contributed by atoms with Crippen LogP contribution in [0.2, 0.25) is 0 Å². The molecular weight excluding hydrogens is 238 g/mol. The van der Waals surface area contributed by atoms with Crippen molar-refractivity contribution in [1.82, 2.24) is 0 Å². The highest BCUT2D eigenvalue weighted by atomic mass is 16.5. The van der Waals surface area contributed by atoms with Gasteiger partial charge in [0.25, 0.3) is 0 Å². The summed E-state index contributed by atoms with van der Waals surface area (Å²) in [6.45, 7) is 5.09. The summed E-state index contributed by atoms with van der Waals surface area (Å²) in [5, 5.41) is 0. The fourth-order valence-electron chi connectivity index (χ4n) is 1.81. The lowest BCUT2D eigenvalue weighted by Crippen LogP contribution is -1.98. The Kier molecular flexibility index (Phi) is 4.42. The van der Waals surface area contributed by atoms with Gasteiger partial charge in [0, 0.05) is 6.54 Å². The standard InChI is InChI=1S/C16H19NO2/c1-3-18-14-6-4-5-7-15(14)19-16-10-13(11-17)9-8-12(16)2/h4-10H,3,11,17H2,1-2H3. The van der Waals surface area contributed by atoms with Gasteiger partial charge >= 0.3 is 0 Å². The van der Waals surface area contributed by atoms with Crippen molar-refractivity contribution in [2.45, 2.75) is 20.4 Å². The molecule has 19 heavy (non-hydrogen) atoms. The van der Waals surface area contributed by atoms with Crippen molar-refractivity contribution in [2.24, 2.45) is 5.73 Å². The molecule has 0 saturated carbocycles. The van der Waals surface area contributed by atoms with Crippen molar-refractivity contribution in [3.05, 3.63) is 53.6 Å². The van der Waals surface area contributed by atoms with E-state index >= 15 is 0 Å². The summed E-state index contributed by atoms with van der Waals surface area (Å²) < 4.78 is 11.5. The van der Waals surface area contributed by atoms with Gasteiger partial charge in [-0.15, -0.1) is 0 Å². The van der Waals surface area contributed by atoms with Gasteiger partial charge in [-0.2, -0.15) is 0 Å². The highest BCUT2D eigenvalue weighted by Gasteiger charge is 2.07. The molecule has 100 valence electrons. The summed E-state index contributed by atoms with van der Waals surface area (Å²) >= 11 is 0. The van der Waals surface area contributed by atoms with Crippen LogP contribution in [0.4, 0.5) is 0 Å². The van der Waals surface area contributed by atoms with Gasteiger partial charge < -0.3 is 15.2 Å². The second-order valence-electron chi connectivity index (χ2n) is 4.29. The lowest BCUT2D eigenvalue weighted by Gasteiger charge is -2.13. The zero-order valence-corrected chi connectivity index (χ0v) is 11.3. The Bertz CT molecular complexity index is 552. The number of hydrogen-bond acceptors (Lipinski definition) is 3. The maximum atomic E-state index is 5.95. The SMILES string of the molecule is CCOc1ccccc1Oc1cc(CN)ccc1C. The van der Waals surface area contributed by atoms with Crippen LogP contribution in [0.3, 0.4) is 0 Å². The van der Waals surface area contributed by atoms with Gasteiger partial charge in [0.15, 0.2) is 11.5 Å². The van der Waals surface area contributed by atoms with Gasteiger partial charge in [-0.1, -0.05) is 24.3 Å². The molecule has 0 bridgehead atoms. The van der Waals surface area contributed by atoms with E-state index < -0.39 is 0 Å². The average Bonchev–Trinajstić information content (AvgIpc) is 2.43. The fourth-order valence-corrected chi connectivity index (χ4v) is 1.81. The highest BCUT2D eigenvalue weighted by molar-refractivity contribution is 5.45. The Hall–Kier alpha value is -2.00. The molecular formula is C16H19NO2. The van der Waals surface area contributed by atoms with Gasteiger partial charge in [-0.3, -0.25) is 0 Å². The minimum absolute atomic E-state index is 0.504. The van der Waals surface area contributed by atoms with Gasteiger partial charge in [0.2, 0.25) is 0 Å². The van der Waals surface area contributed by atoms with Crippen molar-refractivity contribution in [1.29, 1.82) is 0 Å². The third-order valence-corrected chi connectivity index (χ3v) is 2.86. The highest BCUT2D eigenvalue weighted by Crippen LogP contribution is 2.33. The van der Waals surface area contributed by atoms with Crippen LogP contribution in [-0.4, -0.2) is 6.61 Å². The fraction of sp³-hybridized carbons (Fsp3) is 0.250. The molecule has 0 aliphatic carbocycles. The largest absolute Gasteiger partial charge is 0.490 e. The smallest absolute Gasteiger partial charge is 0.169 e. The molecule has 0 aromatic heterocycles. The van der Waals surface area contributed by atoms with E-state index in [0.717, 1.165) is 28.4 Å². The molecule has 0 fully saturated rings. The molecule has 0 aliphatic heterocycles. The van der Waals surface area contributed by atoms with E-state index in [1.807, 2.05) is 56.3 Å². The van der Waals surface area contributed by atoms with E-state index in [2.05, 4.69) is 0 Å². The minimum atomic E-state index is 0.504. The summed E-state index contributed by atoms with van der Waals surface area (Å²) in [4.78, 5) is 0. The first-order valence-electron chi connectivity index (χ1n) is 6.44. The van der Waals surface area contributed by atoms with E-state index in [-0.39, 0.29) is 0 Å². The van der Waals surface area contributed by atoms with Crippen LogP contribution >= 0.6 is 0 Å². The molecule has 2 N–H and O–H groups in total. The lowest BCUT2D eigenvalue weighted by atomic mass is 10.1. The van der Waals surface area contributed by atoms with Crippen LogP contribution < -0.4 is 15.2 Å². The Labute approximate surface area is 114 Å². The first-order chi connectivity index (χ1) is 9.24. The molecule has 0 unspecified atom stereocenters.